The van der Waals surface area contributed by atoms with Crippen LogP contribution in [0, 0.1) is 0 Å². The van der Waals surface area contributed by atoms with Gasteiger partial charge in [0, 0.05) is 30.1 Å². The number of aromatic amines is 1. The van der Waals surface area contributed by atoms with Crippen LogP contribution in [0.25, 0.3) is 10.9 Å². The number of aromatic nitrogens is 1. The van der Waals surface area contributed by atoms with Crippen LogP contribution in [0.3, 0.4) is 0 Å². The monoisotopic (exact) mass is 456 g/mol. The van der Waals surface area contributed by atoms with Crippen LogP contribution in [-0.4, -0.2) is 22.5 Å². The Labute approximate surface area is 201 Å². The average molecular weight is 457 g/mol. The molecule has 4 heteroatoms. The normalized spacial score (nSPS) is 11.3. The Morgan fingerprint density at radius 1 is 0.818 bits per heavy atom. The van der Waals surface area contributed by atoms with Gasteiger partial charge < -0.3 is 15.4 Å². The third-order valence-corrected chi connectivity index (χ3v) is 6.72. The summed E-state index contributed by atoms with van der Waals surface area (Å²) in [5, 5.41) is 13.7. The zero-order valence-electron chi connectivity index (χ0n) is 21.1. The third kappa shape index (κ3) is 12.2. The molecule has 0 radical (unpaired) electrons. The highest BCUT2D eigenvalue weighted by Gasteiger charge is 2.06. The Bertz CT molecular complexity index is 768. The Kier molecular flexibility index (Phi) is 14.5. The number of phenolic OH excluding ortho intramolecular Hbond substituents is 1. The predicted molar refractivity (Wildman–Crippen MR) is 141 cm³/mol. The lowest BCUT2D eigenvalue weighted by Gasteiger charge is -2.06. The van der Waals surface area contributed by atoms with E-state index in [-0.39, 0.29) is 11.7 Å². The maximum Gasteiger partial charge on any atom is 0.220 e. The van der Waals surface area contributed by atoms with E-state index < -0.39 is 0 Å². The summed E-state index contributed by atoms with van der Waals surface area (Å²) in [4.78, 5) is 15.3. The zero-order valence-corrected chi connectivity index (χ0v) is 21.1. The molecule has 33 heavy (non-hydrogen) atoms. The fourth-order valence-corrected chi connectivity index (χ4v) is 4.63. The van der Waals surface area contributed by atoms with Crippen LogP contribution in [0.15, 0.2) is 24.4 Å². The molecule has 1 heterocycles. The maximum atomic E-state index is 12.1. The van der Waals surface area contributed by atoms with Crippen LogP contribution in [0.1, 0.15) is 122 Å². The van der Waals surface area contributed by atoms with Gasteiger partial charge in [-0.15, -0.1) is 0 Å². The number of H-pyrrole nitrogens is 1. The molecule has 186 valence electrons. The molecule has 3 N–H and O–H groups in total. The number of hydrogen-bond acceptors (Lipinski definition) is 2. The van der Waals surface area contributed by atoms with E-state index in [1.807, 2.05) is 12.3 Å². The second kappa shape index (κ2) is 17.5. The summed E-state index contributed by atoms with van der Waals surface area (Å²) in [6.45, 7) is 2.92. The van der Waals surface area contributed by atoms with Gasteiger partial charge >= 0.3 is 0 Å². The van der Waals surface area contributed by atoms with Crippen molar-refractivity contribution in [3.63, 3.8) is 0 Å². The smallest absolute Gasteiger partial charge is 0.220 e. The molecule has 0 bridgehead atoms. The lowest BCUT2D eigenvalue weighted by Crippen LogP contribution is -2.25. The Morgan fingerprint density at radius 2 is 1.36 bits per heavy atom. The number of unbranched alkanes of at least 4 members (excludes halogenated alkanes) is 15. The first-order chi connectivity index (χ1) is 16.2. The molecule has 0 aliphatic carbocycles. The van der Waals surface area contributed by atoms with Crippen LogP contribution in [-0.2, 0) is 11.2 Å². The second-order valence-corrected chi connectivity index (χ2v) is 9.70. The van der Waals surface area contributed by atoms with Gasteiger partial charge in [0.05, 0.1) is 0 Å². The highest BCUT2D eigenvalue weighted by molar-refractivity contribution is 5.84. The molecule has 1 amide bonds. The number of carbonyl (C=O) groups is 1. The highest BCUT2D eigenvalue weighted by atomic mass is 16.3. The first-order valence-electron chi connectivity index (χ1n) is 13.8. The molecule has 0 saturated heterocycles. The molecule has 0 atom stereocenters. The van der Waals surface area contributed by atoms with E-state index in [4.69, 9.17) is 0 Å². The van der Waals surface area contributed by atoms with Crippen molar-refractivity contribution in [1.29, 1.82) is 0 Å². The minimum Gasteiger partial charge on any atom is -0.508 e. The van der Waals surface area contributed by atoms with E-state index in [1.54, 1.807) is 12.1 Å². The minimum atomic E-state index is 0.156. The number of aromatic hydroxyl groups is 1. The van der Waals surface area contributed by atoms with E-state index in [1.165, 1.54) is 89.9 Å². The van der Waals surface area contributed by atoms with E-state index in [9.17, 15) is 9.90 Å². The summed E-state index contributed by atoms with van der Waals surface area (Å²) >= 11 is 0. The molecule has 2 rings (SSSR count). The van der Waals surface area contributed by atoms with Crippen molar-refractivity contribution >= 4 is 16.8 Å². The van der Waals surface area contributed by atoms with E-state index in [0.717, 1.165) is 35.7 Å². The van der Waals surface area contributed by atoms with Crippen molar-refractivity contribution in [2.45, 2.75) is 122 Å². The molecule has 1 aromatic carbocycles. The number of nitrogens with one attached hydrogen (secondary N) is 2. The second-order valence-electron chi connectivity index (χ2n) is 9.70. The van der Waals surface area contributed by atoms with Crippen LogP contribution in [0.2, 0.25) is 0 Å². The van der Waals surface area contributed by atoms with Gasteiger partial charge in [-0.05, 0) is 36.6 Å². The molecule has 0 spiro atoms. The van der Waals surface area contributed by atoms with Gasteiger partial charge in [-0.2, -0.15) is 0 Å². The summed E-state index contributed by atoms with van der Waals surface area (Å²) < 4.78 is 0. The molecular weight excluding hydrogens is 408 g/mol. The number of hydrogen-bond donors (Lipinski definition) is 3. The van der Waals surface area contributed by atoms with Gasteiger partial charge in [0.15, 0.2) is 0 Å². The number of phenols is 1. The fraction of sp³-hybridized carbons (Fsp3) is 0.690. The van der Waals surface area contributed by atoms with Gasteiger partial charge in [-0.3, -0.25) is 4.79 Å². The fourth-order valence-electron chi connectivity index (χ4n) is 4.63. The molecule has 0 saturated carbocycles. The summed E-state index contributed by atoms with van der Waals surface area (Å²) in [5.74, 6) is 0.430. The first-order valence-corrected chi connectivity index (χ1v) is 13.8. The molecule has 2 aromatic rings. The lowest BCUT2D eigenvalue weighted by atomic mass is 10.0. The number of rotatable bonds is 20. The van der Waals surface area contributed by atoms with Gasteiger partial charge in [0.25, 0.3) is 0 Å². The number of carbonyl (C=O) groups excluding carboxylic acids is 1. The summed E-state index contributed by atoms with van der Waals surface area (Å²) in [6, 6.07) is 5.34. The molecule has 0 aliphatic heterocycles. The van der Waals surface area contributed by atoms with Gasteiger partial charge in [-0.1, -0.05) is 103 Å². The molecule has 1 aromatic heterocycles. The van der Waals surface area contributed by atoms with E-state index in [0.29, 0.717) is 13.0 Å². The summed E-state index contributed by atoms with van der Waals surface area (Å²) in [7, 11) is 0. The van der Waals surface area contributed by atoms with Crippen LogP contribution < -0.4 is 5.32 Å². The lowest BCUT2D eigenvalue weighted by molar-refractivity contribution is -0.121. The summed E-state index contributed by atoms with van der Waals surface area (Å²) in [5.41, 5.74) is 2.14. The summed E-state index contributed by atoms with van der Waals surface area (Å²) in [6.07, 6.45) is 25.0. The quantitative estimate of drug-likeness (QED) is 0.176. The van der Waals surface area contributed by atoms with Crippen LogP contribution >= 0.6 is 0 Å². The van der Waals surface area contributed by atoms with Crippen molar-refractivity contribution in [3.05, 3.63) is 30.0 Å². The topological polar surface area (TPSA) is 65.1 Å². The number of fused-ring (bicyclic) bond motifs is 1. The number of amides is 1. The standard InChI is InChI=1S/C29H48N2O2/c1-2-3-4-5-6-7-8-9-10-11-12-13-14-15-16-17-18-29(33)30-22-21-25-24-31-28-20-19-26(32)23-27(25)28/h19-20,23-24,31-32H,2-18,21-22H2,1H3,(H,30,33). The number of benzene rings is 1. The van der Waals surface area contributed by atoms with E-state index >= 15 is 0 Å². The van der Waals surface area contributed by atoms with Crippen molar-refractivity contribution in [3.8, 4) is 5.75 Å². The van der Waals surface area contributed by atoms with Gasteiger partial charge in [0.2, 0.25) is 5.91 Å². The average Bonchev–Trinajstić information content (AvgIpc) is 3.20. The largest absolute Gasteiger partial charge is 0.508 e. The van der Waals surface area contributed by atoms with Gasteiger partial charge in [0.1, 0.15) is 5.75 Å². The van der Waals surface area contributed by atoms with E-state index in [2.05, 4.69) is 17.2 Å². The Balaban J connectivity index is 1.35. The molecule has 0 aliphatic rings. The zero-order chi connectivity index (χ0) is 23.6. The van der Waals surface area contributed by atoms with Crippen molar-refractivity contribution < 1.29 is 9.90 Å². The molecule has 0 fully saturated rings. The molecular formula is C29H48N2O2. The Hall–Kier alpha value is -1.97. The first kappa shape index (κ1) is 27.3. The molecule has 0 unspecified atom stereocenters. The highest BCUT2D eigenvalue weighted by Crippen LogP contribution is 2.23. The van der Waals surface area contributed by atoms with Crippen LogP contribution in [0.4, 0.5) is 0 Å². The minimum absolute atomic E-state index is 0.156. The van der Waals surface area contributed by atoms with Crippen LogP contribution in [0.5, 0.6) is 5.75 Å². The van der Waals surface area contributed by atoms with Crippen molar-refractivity contribution in [1.82, 2.24) is 10.3 Å². The van der Waals surface area contributed by atoms with Crippen molar-refractivity contribution in [2.75, 3.05) is 6.54 Å². The molecule has 4 nitrogen and oxygen atoms in total. The predicted octanol–water partition coefficient (Wildman–Crippen LogP) is 8.18. The van der Waals surface area contributed by atoms with Gasteiger partial charge in [-0.25, -0.2) is 0 Å². The maximum absolute atomic E-state index is 12.1. The van der Waals surface area contributed by atoms with Crippen molar-refractivity contribution in [2.24, 2.45) is 0 Å². The Morgan fingerprint density at radius 3 is 1.94 bits per heavy atom. The SMILES string of the molecule is CCCCCCCCCCCCCCCCCCC(=O)NCCc1c[nH]c2ccc(O)cc12. The third-order valence-electron chi connectivity index (χ3n) is 6.72.